The van der Waals surface area contributed by atoms with Crippen LogP contribution < -0.4 is 4.74 Å². The average molecular weight is 375 g/mol. The summed E-state index contributed by atoms with van der Waals surface area (Å²) in [5.74, 6) is 0.0232. The Hall–Kier alpha value is -2.38. The normalized spacial score (nSPS) is 16.3. The number of hydrogen-bond acceptors (Lipinski definition) is 4. The molecule has 2 aromatic carbocycles. The Morgan fingerprint density at radius 2 is 1.77 bits per heavy atom. The van der Waals surface area contributed by atoms with Crippen LogP contribution in [0, 0.1) is 0 Å². The molecule has 0 radical (unpaired) electrons. The second kappa shape index (κ2) is 7.47. The van der Waals surface area contributed by atoms with Crippen LogP contribution in [-0.4, -0.2) is 44.0 Å². The van der Waals surface area contributed by atoms with Gasteiger partial charge in [-0.05, 0) is 60.7 Å². The highest BCUT2D eigenvalue weighted by molar-refractivity contribution is 7.89. The highest BCUT2D eigenvalue weighted by atomic mass is 32.2. The van der Waals surface area contributed by atoms with Crippen molar-refractivity contribution in [2.75, 3.05) is 20.2 Å². The Labute approximate surface area is 153 Å². The number of carboxylic acid groups (broad SMARTS) is 1. The van der Waals surface area contributed by atoms with Crippen molar-refractivity contribution in [2.45, 2.75) is 23.7 Å². The van der Waals surface area contributed by atoms with Crippen molar-refractivity contribution in [3.63, 3.8) is 0 Å². The van der Waals surface area contributed by atoms with Gasteiger partial charge in [-0.15, -0.1) is 0 Å². The molecule has 0 unspecified atom stereocenters. The second-order valence-corrected chi connectivity index (χ2v) is 8.22. The van der Waals surface area contributed by atoms with E-state index in [4.69, 9.17) is 9.84 Å². The molecule has 1 N–H and O–H groups in total. The van der Waals surface area contributed by atoms with Gasteiger partial charge in [-0.3, -0.25) is 0 Å². The highest BCUT2D eigenvalue weighted by Crippen LogP contribution is 2.32. The molecule has 0 aromatic heterocycles. The highest BCUT2D eigenvalue weighted by Gasteiger charge is 2.30. The number of hydrogen-bond donors (Lipinski definition) is 1. The lowest BCUT2D eigenvalue weighted by molar-refractivity contribution is 0.0696. The Morgan fingerprint density at radius 3 is 2.35 bits per heavy atom. The molecule has 0 bridgehead atoms. The lowest BCUT2D eigenvalue weighted by Crippen LogP contribution is -2.37. The molecule has 0 atom stereocenters. The Morgan fingerprint density at radius 1 is 1.12 bits per heavy atom. The first-order valence-electron chi connectivity index (χ1n) is 8.39. The number of ether oxygens (including phenoxy) is 1. The molecule has 1 heterocycles. The van der Waals surface area contributed by atoms with E-state index in [2.05, 4.69) is 0 Å². The van der Waals surface area contributed by atoms with E-state index in [0.717, 1.165) is 24.2 Å². The van der Waals surface area contributed by atoms with Crippen LogP contribution in [0.5, 0.6) is 5.75 Å². The molecule has 2 aromatic rings. The van der Waals surface area contributed by atoms with Crippen LogP contribution in [0.3, 0.4) is 0 Å². The van der Waals surface area contributed by atoms with Gasteiger partial charge in [-0.25, -0.2) is 13.2 Å². The van der Waals surface area contributed by atoms with Gasteiger partial charge < -0.3 is 9.84 Å². The van der Waals surface area contributed by atoms with Gasteiger partial charge in [-0.2, -0.15) is 4.31 Å². The van der Waals surface area contributed by atoms with E-state index in [1.54, 1.807) is 7.11 Å². The number of benzene rings is 2. The van der Waals surface area contributed by atoms with E-state index in [1.165, 1.54) is 28.6 Å². The monoisotopic (exact) mass is 375 g/mol. The maximum absolute atomic E-state index is 12.8. The van der Waals surface area contributed by atoms with E-state index in [1.807, 2.05) is 24.3 Å². The first-order valence-corrected chi connectivity index (χ1v) is 9.83. The minimum atomic E-state index is -3.61. The number of piperidine rings is 1. The summed E-state index contributed by atoms with van der Waals surface area (Å²) in [4.78, 5) is 11.0. The van der Waals surface area contributed by atoms with E-state index < -0.39 is 16.0 Å². The van der Waals surface area contributed by atoms with E-state index in [9.17, 15) is 13.2 Å². The quantitative estimate of drug-likeness (QED) is 0.869. The molecule has 6 nitrogen and oxygen atoms in total. The van der Waals surface area contributed by atoms with Crippen molar-refractivity contribution in [3.8, 4) is 5.75 Å². The second-order valence-electron chi connectivity index (χ2n) is 6.28. The van der Waals surface area contributed by atoms with Crippen molar-refractivity contribution in [3.05, 3.63) is 59.7 Å². The van der Waals surface area contributed by atoms with Gasteiger partial charge in [0.2, 0.25) is 10.0 Å². The lowest BCUT2D eigenvalue weighted by Gasteiger charge is -2.31. The van der Waals surface area contributed by atoms with E-state index >= 15 is 0 Å². The smallest absolute Gasteiger partial charge is 0.335 e. The number of carboxylic acids is 1. The fraction of sp³-hybridized carbons (Fsp3) is 0.316. The Kier molecular flexibility index (Phi) is 5.29. The summed E-state index contributed by atoms with van der Waals surface area (Å²) in [6, 6.07) is 13.2. The van der Waals surface area contributed by atoms with Crippen molar-refractivity contribution in [1.82, 2.24) is 4.31 Å². The predicted molar refractivity (Wildman–Crippen MR) is 97.1 cm³/mol. The predicted octanol–water partition coefficient (Wildman–Crippen LogP) is 2.96. The maximum atomic E-state index is 12.8. The van der Waals surface area contributed by atoms with Crippen molar-refractivity contribution in [1.29, 1.82) is 0 Å². The van der Waals surface area contributed by atoms with Crippen LogP contribution in [0.25, 0.3) is 0 Å². The standard InChI is InChI=1S/C19H21NO5S/c1-25-17-4-2-3-16(13-17)14-9-11-20(12-10-14)26(23,24)18-7-5-15(6-8-18)19(21)22/h2-8,13-14H,9-12H2,1H3,(H,21,22). The Balaban J connectivity index is 1.71. The zero-order chi connectivity index (χ0) is 18.7. The van der Waals surface area contributed by atoms with Crippen molar-refractivity contribution in [2.24, 2.45) is 0 Å². The molecule has 3 rings (SSSR count). The number of nitrogens with zero attached hydrogens (tertiary/aromatic N) is 1. The fourth-order valence-electron chi connectivity index (χ4n) is 3.24. The third-order valence-corrected chi connectivity index (χ3v) is 6.67. The van der Waals surface area contributed by atoms with Gasteiger partial charge in [0.15, 0.2) is 0 Å². The molecule has 0 aliphatic carbocycles. The van der Waals surface area contributed by atoms with Gasteiger partial charge in [0.05, 0.1) is 17.6 Å². The molecule has 138 valence electrons. The third kappa shape index (κ3) is 3.73. The zero-order valence-corrected chi connectivity index (χ0v) is 15.3. The van der Waals surface area contributed by atoms with Crippen LogP contribution in [0.4, 0.5) is 0 Å². The minimum Gasteiger partial charge on any atom is -0.497 e. The Bertz CT molecular complexity index is 884. The minimum absolute atomic E-state index is 0.0701. The van der Waals surface area contributed by atoms with Crippen LogP contribution in [0.2, 0.25) is 0 Å². The number of aromatic carboxylic acids is 1. The number of sulfonamides is 1. The molecule has 1 saturated heterocycles. The maximum Gasteiger partial charge on any atom is 0.335 e. The molecule has 26 heavy (non-hydrogen) atoms. The molecule has 1 aliphatic heterocycles. The molecule has 0 saturated carbocycles. The first-order chi connectivity index (χ1) is 12.4. The average Bonchev–Trinajstić information content (AvgIpc) is 2.68. The van der Waals surface area contributed by atoms with Gasteiger partial charge >= 0.3 is 5.97 Å². The summed E-state index contributed by atoms with van der Waals surface area (Å²) in [7, 11) is -1.98. The first kappa shape index (κ1) is 18.4. The largest absolute Gasteiger partial charge is 0.497 e. The zero-order valence-electron chi connectivity index (χ0n) is 14.5. The number of carbonyl (C=O) groups is 1. The SMILES string of the molecule is COc1cccc(C2CCN(S(=O)(=O)c3ccc(C(=O)O)cc3)CC2)c1. The van der Waals surface area contributed by atoms with Crippen LogP contribution in [0.15, 0.2) is 53.4 Å². The van der Waals surface area contributed by atoms with E-state index in [-0.39, 0.29) is 10.5 Å². The molecular weight excluding hydrogens is 354 g/mol. The molecule has 0 amide bonds. The molecule has 1 aliphatic rings. The van der Waals surface area contributed by atoms with Crippen LogP contribution >= 0.6 is 0 Å². The molecule has 7 heteroatoms. The fourth-order valence-corrected chi connectivity index (χ4v) is 4.71. The van der Waals surface area contributed by atoms with Gasteiger partial charge in [-0.1, -0.05) is 12.1 Å². The van der Waals surface area contributed by atoms with Crippen molar-refractivity contribution >= 4 is 16.0 Å². The number of rotatable bonds is 5. The van der Waals surface area contributed by atoms with Gasteiger partial charge in [0, 0.05) is 13.1 Å². The summed E-state index contributed by atoms with van der Waals surface area (Å²) in [6.07, 6.45) is 1.47. The molecule has 1 fully saturated rings. The van der Waals surface area contributed by atoms with Gasteiger partial charge in [0.25, 0.3) is 0 Å². The summed E-state index contributed by atoms with van der Waals surface area (Å²) < 4.78 is 32.3. The summed E-state index contributed by atoms with van der Waals surface area (Å²) in [5, 5.41) is 8.93. The van der Waals surface area contributed by atoms with Crippen LogP contribution in [-0.2, 0) is 10.0 Å². The van der Waals surface area contributed by atoms with Crippen LogP contribution in [0.1, 0.15) is 34.7 Å². The molecular formula is C19H21NO5S. The van der Waals surface area contributed by atoms with Crippen molar-refractivity contribution < 1.29 is 23.1 Å². The third-order valence-electron chi connectivity index (χ3n) is 4.76. The summed E-state index contributed by atoms with van der Waals surface area (Å²) >= 11 is 0. The lowest BCUT2D eigenvalue weighted by atomic mass is 9.90. The van der Waals surface area contributed by atoms with E-state index in [0.29, 0.717) is 19.0 Å². The summed E-state index contributed by atoms with van der Waals surface area (Å²) in [6.45, 7) is 0.871. The number of methoxy groups -OCH3 is 1. The summed E-state index contributed by atoms with van der Waals surface area (Å²) in [5.41, 5.74) is 1.23. The topological polar surface area (TPSA) is 83.9 Å². The van der Waals surface area contributed by atoms with Gasteiger partial charge in [0.1, 0.15) is 5.75 Å². The molecule has 0 spiro atoms.